The predicted octanol–water partition coefficient (Wildman–Crippen LogP) is 0.817. The van der Waals surface area contributed by atoms with Crippen molar-refractivity contribution in [2.75, 3.05) is 32.8 Å². The molecule has 4 aliphatic carbocycles. The molecule has 4 saturated carbocycles. The van der Waals surface area contributed by atoms with Gasteiger partial charge in [-0.15, -0.1) is 0 Å². The summed E-state index contributed by atoms with van der Waals surface area (Å²) in [6.07, 6.45) is 7.55. The first-order valence-corrected chi connectivity index (χ1v) is 10.6. The monoisotopic (exact) mass is 364 g/mol. The zero-order valence-electron chi connectivity index (χ0n) is 16.3. The molecule has 0 aromatic carbocycles. The van der Waals surface area contributed by atoms with Gasteiger partial charge in [-0.3, -0.25) is 9.69 Å². The van der Waals surface area contributed by atoms with Crippen LogP contribution in [-0.4, -0.2) is 61.3 Å². The third-order valence-corrected chi connectivity index (χ3v) is 7.36. The van der Waals surface area contributed by atoms with E-state index in [0.29, 0.717) is 19.7 Å². The van der Waals surface area contributed by atoms with Gasteiger partial charge in [0.25, 0.3) is 5.91 Å². The van der Waals surface area contributed by atoms with Crippen molar-refractivity contribution in [1.29, 1.82) is 0 Å². The maximum Gasteiger partial charge on any atom is 0.410 e. The maximum absolute atomic E-state index is 13.0. The second-order valence-electron chi connectivity index (χ2n) is 9.25. The van der Waals surface area contributed by atoms with E-state index in [2.05, 4.69) is 5.32 Å². The fourth-order valence-corrected chi connectivity index (χ4v) is 6.44. The van der Waals surface area contributed by atoms with Gasteiger partial charge in [-0.2, -0.15) is 0 Å². The van der Waals surface area contributed by atoms with Gasteiger partial charge in [0.1, 0.15) is 0 Å². The Morgan fingerprint density at radius 1 is 1.12 bits per heavy atom. The Morgan fingerprint density at radius 2 is 1.65 bits per heavy atom. The van der Waals surface area contributed by atoms with Crippen molar-refractivity contribution in [1.82, 2.24) is 10.2 Å². The minimum Gasteiger partial charge on any atom is -0.450 e. The summed E-state index contributed by atoms with van der Waals surface area (Å²) >= 11 is 0. The molecule has 6 nitrogen and oxygen atoms in total. The highest BCUT2D eigenvalue weighted by atomic mass is 16.6. The van der Waals surface area contributed by atoms with Crippen molar-refractivity contribution < 1.29 is 19.2 Å². The Morgan fingerprint density at radius 3 is 2.15 bits per heavy atom. The molecular weight excluding hydrogens is 330 g/mol. The fraction of sp³-hybridized carbons (Fsp3) is 0.900. The van der Waals surface area contributed by atoms with Crippen LogP contribution in [-0.2, 0) is 9.53 Å². The molecule has 6 heteroatoms. The number of carbonyl (C=O) groups excluding carboxylic acids is 2. The Hall–Kier alpha value is -1.30. The summed E-state index contributed by atoms with van der Waals surface area (Å²) in [6.45, 7) is 7.26. The van der Waals surface area contributed by atoms with Crippen molar-refractivity contribution in [2.45, 2.75) is 64.0 Å². The quantitative estimate of drug-likeness (QED) is 0.776. The van der Waals surface area contributed by atoms with Gasteiger partial charge in [0.2, 0.25) is 0 Å². The third kappa shape index (κ3) is 3.45. The standard InChI is InChI=1S/C20H33N3O3/c1-3-26-19(25)23-6-4-22(5-7-23)14(2)18(24)21-20-11-15-8-16(12-20)10-17(9-15)13-20/h14-17H,3-13H2,1-2H3,(H,21,24)/p+1/t14-,15?,16?,17?,20?/m0/s1. The van der Waals surface area contributed by atoms with Crippen LogP contribution >= 0.6 is 0 Å². The Balaban J connectivity index is 1.31. The number of carbonyl (C=O) groups is 2. The maximum atomic E-state index is 13.0. The van der Waals surface area contributed by atoms with Crippen LogP contribution in [0, 0.1) is 17.8 Å². The van der Waals surface area contributed by atoms with Crippen molar-refractivity contribution >= 4 is 12.0 Å². The highest BCUT2D eigenvalue weighted by Crippen LogP contribution is 2.55. The molecule has 4 bridgehead atoms. The smallest absolute Gasteiger partial charge is 0.410 e. The molecule has 146 valence electrons. The van der Waals surface area contributed by atoms with Gasteiger partial charge in [-0.25, -0.2) is 4.79 Å². The molecule has 0 radical (unpaired) electrons. The molecule has 1 atom stereocenters. The molecule has 0 aromatic heterocycles. The molecule has 1 saturated heterocycles. The number of rotatable bonds is 4. The average Bonchev–Trinajstić information content (AvgIpc) is 2.60. The molecule has 2 N–H and O–H groups in total. The SMILES string of the molecule is CCOC(=O)N1CC[NH+]([C@@H](C)C(=O)NC23CC4CC(CC(C4)C2)C3)CC1. The van der Waals surface area contributed by atoms with Gasteiger partial charge in [-0.05, 0) is 70.1 Å². The largest absolute Gasteiger partial charge is 0.450 e. The number of ether oxygens (including phenoxy) is 1. The van der Waals surface area contributed by atoms with Gasteiger partial charge in [-0.1, -0.05) is 0 Å². The van der Waals surface area contributed by atoms with Crippen LogP contribution in [0.25, 0.3) is 0 Å². The number of hydrogen-bond acceptors (Lipinski definition) is 3. The number of amides is 2. The van der Waals surface area contributed by atoms with E-state index in [9.17, 15) is 9.59 Å². The number of nitrogens with one attached hydrogen (secondary N) is 2. The second-order valence-corrected chi connectivity index (χ2v) is 9.25. The zero-order chi connectivity index (χ0) is 18.3. The van der Waals surface area contributed by atoms with E-state index in [1.165, 1.54) is 43.4 Å². The van der Waals surface area contributed by atoms with Crippen LogP contribution in [0.5, 0.6) is 0 Å². The van der Waals surface area contributed by atoms with Gasteiger partial charge < -0.3 is 15.0 Å². The van der Waals surface area contributed by atoms with E-state index in [1.807, 2.05) is 13.8 Å². The second kappa shape index (κ2) is 7.02. The predicted molar refractivity (Wildman–Crippen MR) is 97.8 cm³/mol. The number of hydrogen-bond donors (Lipinski definition) is 2. The van der Waals surface area contributed by atoms with Gasteiger partial charge in [0.05, 0.1) is 32.8 Å². The summed E-state index contributed by atoms with van der Waals surface area (Å²) in [5, 5.41) is 3.51. The van der Waals surface area contributed by atoms with E-state index < -0.39 is 0 Å². The van der Waals surface area contributed by atoms with Crippen molar-refractivity contribution in [3.8, 4) is 0 Å². The highest BCUT2D eigenvalue weighted by molar-refractivity contribution is 5.80. The molecule has 5 fully saturated rings. The lowest BCUT2D eigenvalue weighted by atomic mass is 9.53. The lowest BCUT2D eigenvalue weighted by Crippen LogP contribution is -3.19. The van der Waals surface area contributed by atoms with Gasteiger partial charge in [0, 0.05) is 5.54 Å². The van der Waals surface area contributed by atoms with E-state index in [-0.39, 0.29) is 23.6 Å². The first kappa shape index (κ1) is 18.1. The van der Waals surface area contributed by atoms with Crippen LogP contribution in [0.15, 0.2) is 0 Å². The van der Waals surface area contributed by atoms with Crippen molar-refractivity contribution in [3.05, 3.63) is 0 Å². The summed E-state index contributed by atoms with van der Waals surface area (Å²) in [7, 11) is 0. The van der Waals surface area contributed by atoms with Crippen LogP contribution in [0.3, 0.4) is 0 Å². The fourth-order valence-electron chi connectivity index (χ4n) is 6.44. The molecule has 1 aliphatic heterocycles. The molecule has 5 rings (SSSR count). The number of nitrogens with zero attached hydrogens (tertiary/aromatic N) is 1. The molecule has 0 aromatic rings. The molecule has 2 amide bonds. The molecule has 5 aliphatic rings. The molecular formula is C20H34N3O3+. The summed E-state index contributed by atoms with van der Waals surface area (Å²) < 4.78 is 5.08. The third-order valence-electron chi connectivity index (χ3n) is 7.36. The van der Waals surface area contributed by atoms with Crippen molar-refractivity contribution in [3.63, 3.8) is 0 Å². The first-order chi connectivity index (χ1) is 12.5. The minimum atomic E-state index is -0.225. The Bertz CT molecular complexity index is 521. The van der Waals surface area contributed by atoms with Crippen LogP contribution < -0.4 is 10.2 Å². The van der Waals surface area contributed by atoms with Crippen LogP contribution in [0.1, 0.15) is 52.4 Å². The number of piperazine rings is 1. The molecule has 1 heterocycles. The molecule has 0 unspecified atom stereocenters. The van der Waals surface area contributed by atoms with Crippen molar-refractivity contribution in [2.24, 2.45) is 17.8 Å². The van der Waals surface area contributed by atoms with E-state index in [0.717, 1.165) is 30.8 Å². The van der Waals surface area contributed by atoms with E-state index >= 15 is 0 Å². The first-order valence-electron chi connectivity index (χ1n) is 10.6. The van der Waals surface area contributed by atoms with Crippen LogP contribution in [0.4, 0.5) is 4.79 Å². The highest BCUT2D eigenvalue weighted by Gasteiger charge is 2.52. The lowest BCUT2D eigenvalue weighted by Gasteiger charge is -2.57. The Labute approximate surface area is 156 Å². The summed E-state index contributed by atoms with van der Waals surface area (Å²) in [5.74, 6) is 2.75. The number of quaternary nitrogens is 1. The normalized spacial score (nSPS) is 37.5. The zero-order valence-corrected chi connectivity index (χ0v) is 16.3. The van der Waals surface area contributed by atoms with Gasteiger partial charge in [0.15, 0.2) is 6.04 Å². The minimum absolute atomic E-state index is 0.0487. The summed E-state index contributed by atoms with van der Waals surface area (Å²) in [5.41, 5.74) is 0.0896. The lowest BCUT2D eigenvalue weighted by molar-refractivity contribution is -0.918. The molecule has 26 heavy (non-hydrogen) atoms. The van der Waals surface area contributed by atoms with E-state index in [4.69, 9.17) is 4.74 Å². The van der Waals surface area contributed by atoms with E-state index in [1.54, 1.807) is 4.90 Å². The Kier molecular flexibility index (Phi) is 4.88. The van der Waals surface area contributed by atoms with Gasteiger partial charge >= 0.3 is 6.09 Å². The van der Waals surface area contributed by atoms with Crippen LogP contribution in [0.2, 0.25) is 0 Å². The summed E-state index contributed by atoms with van der Waals surface area (Å²) in [4.78, 5) is 27.9. The summed E-state index contributed by atoms with van der Waals surface area (Å²) in [6, 6.07) is -0.0487. The topological polar surface area (TPSA) is 63.1 Å². The molecule has 0 spiro atoms. The average molecular weight is 365 g/mol.